The van der Waals surface area contributed by atoms with Crippen molar-refractivity contribution in [2.45, 2.75) is 209 Å². The first-order valence-corrected chi connectivity index (χ1v) is 23.2. The summed E-state index contributed by atoms with van der Waals surface area (Å²) in [5, 5.41) is 14.8. The van der Waals surface area contributed by atoms with Crippen LogP contribution < -0.4 is 21.6 Å². The average Bonchev–Trinajstić information content (AvgIpc) is 3.28. The van der Waals surface area contributed by atoms with Gasteiger partial charge in [0.15, 0.2) is 0 Å². The molecule has 0 aliphatic rings. The van der Waals surface area contributed by atoms with Gasteiger partial charge in [0.05, 0.1) is 56.6 Å². The van der Waals surface area contributed by atoms with Crippen LogP contribution in [-0.4, -0.2) is 121 Å². The fourth-order valence-corrected chi connectivity index (χ4v) is 5.31. The quantitative estimate of drug-likeness (QED) is 0.0220. The van der Waals surface area contributed by atoms with E-state index in [9.17, 15) is 28.8 Å². The molecular formula is C46H82N8O12. The normalized spacial score (nSPS) is 14.6. The van der Waals surface area contributed by atoms with Crippen molar-refractivity contribution in [1.82, 2.24) is 21.6 Å². The second-order valence-corrected chi connectivity index (χ2v) is 17.2. The van der Waals surface area contributed by atoms with Crippen molar-refractivity contribution in [3.63, 3.8) is 0 Å². The molecule has 0 spiro atoms. The molecule has 0 aliphatic heterocycles. The molecule has 4 unspecified atom stereocenters. The monoisotopic (exact) mass is 939 g/mol. The van der Waals surface area contributed by atoms with Crippen LogP contribution in [0, 0.1) is 0 Å². The van der Waals surface area contributed by atoms with E-state index >= 15 is 0 Å². The van der Waals surface area contributed by atoms with Crippen molar-refractivity contribution in [2.75, 3.05) is 26.4 Å². The van der Waals surface area contributed by atoms with Gasteiger partial charge in [0.25, 0.3) is 0 Å². The van der Waals surface area contributed by atoms with Crippen LogP contribution in [0.15, 0.2) is 20.3 Å². The maximum Gasteiger partial charge on any atom is 0.355 e. The molecule has 0 saturated heterocycles. The van der Waals surface area contributed by atoms with E-state index in [4.69, 9.17) is 33.4 Å². The highest BCUT2D eigenvalue weighted by Crippen LogP contribution is 2.20. The third-order valence-electron chi connectivity index (χ3n) is 10.6. The van der Waals surface area contributed by atoms with Crippen LogP contribution >= 0.6 is 0 Å². The lowest BCUT2D eigenvalue weighted by molar-refractivity contribution is -0.155. The predicted octanol–water partition coefficient (Wildman–Crippen LogP) is 7.21. The summed E-state index contributed by atoms with van der Waals surface area (Å²) in [6.07, 6.45) is 3.17. The highest BCUT2D eigenvalue weighted by Gasteiger charge is 2.22. The highest BCUT2D eigenvalue weighted by atomic mass is 16.6. The first-order valence-electron chi connectivity index (χ1n) is 23.2. The van der Waals surface area contributed by atoms with E-state index in [-0.39, 0.29) is 82.0 Å². The molecule has 0 aromatic carbocycles. The zero-order chi connectivity index (χ0) is 50.3. The second-order valence-electron chi connectivity index (χ2n) is 17.2. The molecular weight excluding hydrogens is 857 g/mol. The van der Waals surface area contributed by atoms with E-state index in [0.717, 1.165) is 31.4 Å². The molecule has 378 valence electrons. The standard InChI is InChI=1S/C46H82N8O12/c1-15-45(13,16-2)47-31(5)19-25-41(57)65-37(11)29-61-35(9)27-63-39(55)23-20-32(6)50-53-44(60)54-51-33(7)21-24-40(56)64-28-36(10)62-30-38(12)66-42(58)26-22-34(8)49-52-43(59)48-46(14,17-3)18-4/h35-38H,15-30H2,1-14H3,(H2,48,52,59)(H2,53,54,60). The zero-order valence-electron chi connectivity index (χ0n) is 42.3. The minimum atomic E-state index is -0.712. The summed E-state index contributed by atoms with van der Waals surface area (Å²) in [6.45, 7) is 26.3. The lowest BCUT2D eigenvalue weighted by Crippen LogP contribution is -2.48. The Kier molecular flexibility index (Phi) is 31.0. The average molecular weight is 939 g/mol. The number of aliphatic imine (C=N–C) groups is 1. The van der Waals surface area contributed by atoms with Crippen molar-refractivity contribution in [3.8, 4) is 0 Å². The fraction of sp³-hybridized carbons (Fsp3) is 0.783. The maximum atomic E-state index is 12.3. The molecule has 4 atom stereocenters. The summed E-state index contributed by atoms with van der Waals surface area (Å²) in [6, 6.07) is -1.12. The number of nitrogens with one attached hydrogen (secondary N) is 4. The van der Waals surface area contributed by atoms with Crippen LogP contribution in [0.2, 0.25) is 0 Å². The molecule has 4 N–H and O–H groups in total. The van der Waals surface area contributed by atoms with Crippen molar-refractivity contribution >= 4 is 58.8 Å². The van der Waals surface area contributed by atoms with Crippen LogP contribution in [0.25, 0.3) is 0 Å². The highest BCUT2D eigenvalue weighted by molar-refractivity contribution is 5.89. The van der Waals surface area contributed by atoms with Crippen LogP contribution in [0.4, 0.5) is 9.59 Å². The number of hydrogen-bond donors (Lipinski definition) is 4. The summed E-state index contributed by atoms with van der Waals surface area (Å²) in [7, 11) is 0. The maximum absolute atomic E-state index is 12.3. The SMILES string of the molecule is CCC(C)(CC)N=C(C)CCC(=O)OC(C)COC(C)COC(=O)CCC(C)=NNC(=O)NN=C(C)CCC(=O)OCC(C)OCC(C)OC(=O)CCC(C)=NNC(=O)NC(C)(CC)CC. The molecule has 0 aromatic heterocycles. The number of nitrogens with zero attached hydrogens (tertiary/aromatic N) is 4. The lowest BCUT2D eigenvalue weighted by atomic mass is 9.96. The van der Waals surface area contributed by atoms with Gasteiger partial charge < -0.3 is 33.7 Å². The van der Waals surface area contributed by atoms with E-state index in [1.54, 1.807) is 48.5 Å². The predicted molar refractivity (Wildman–Crippen MR) is 255 cm³/mol. The second kappa shape index (κ2) is 33.5. The van der Waals surface area contributed by atoms with E-state index in [1.165, 1.54) is 0 Å². The Morgan fingerprint density at radius 1 is 0.455 bits per heavy atom. The molecule has 0 heterocycles. The number of hydrazone groups is 3. The Hall–Kier alpha value is -4.98. The molecule has 0 rings (SSSR count). The fourth-order valence-electron chi connectivity index (χ4n) is 5.31. The smallest absolute Gasteiger partial charge is 0.355 e. The van der Waals surface area contributed by atoms with Gasteiger partial charge in [-0.05, 0) is 121 Å². The molecule has 20 nitrogen and oxygen atoms in total. The Labute approximate surface area is 393 Å². The molecule has 0 bridgehead atoms. The first kappa shape index (κ1) is 61.0. The number of carbonyl (C=O) groups excluding carboxylic acids is 6. The minimum Gasteiger partial charge on any atom is -0.463 e. The molecule has 0 radical (unpaired) electrons. The number of carbonyl (C=O) groups is 6. The Morgan fingerprint density at radius 2 is 0.803 bits per heavy atom. The number of urea groups is 2. The van der Waals surface area contributed by atoms with Gasteiger partial charge in [-0.2, -0.15) is 15.3 Å². The van der Waals surface area contributed by atoms with Crippen LogP contribution in [0.3, 0.4) is 0 Å². The number of ether oxygens (including phenoxy) is 6. The van der Waals surface area contributed by atoms with Crippen LogP contribution in [0.5, 0.6) is 0 Å². The number of hydrogen-bond acceptors (Lipinski definition) is 16. The van der Waals surface area contributed by atoms with Gasteiger partial charge in [-0.25, -0.2) is 25.9 Å². The van der Waals surface area contributed by atoms with Gasteiger partial charge in [-0.1, -0.05) is 27.7 Å². The lowest BCUT2D eigenvalue weighted by Gasteiger charge is -2.27. The van der Waals surface area contributed by atoms with Gasteiger partial charge in [0.2, 0.25) is 0 Å². The summed E-state index contributed by atoms with van der Waals surface area (Å²) >= 11 is 0. The van der Waals surface area contributed by atoms with E-state index in [0.29, 0.717) is 30.0 Å². The van der Waals surface area contributed by atoms with Gasteiger partial charge >= 0.3 is 35.9 Å². The molecule has 0 saturated carbocycles. The largest absolute Gasteiger partial charge is 0.463 e. The first-order chi connectivity index (χ1) is 31.0. The zero-order valence-corrected chi connectivity index (χ0v) is 42.3. The summed E-state index contributed by atoms with van der Waals surface area (Å²) < 4.78 is 32.8. The number of esters is 4. The molecule has 0 fully saturated rings. The van der Waals surface area contributed by atoms with E-state index in [1.807, 2.05) is 27.7 Å². The molecule has 66 heavy (non-hydrogen) atoms. The summed E-state index contributed by atoms with van der Waals surface area (Å²) in [5.74, 6) is -1.72. The Balaban J connectivity index is 4.30. The van der Waals surface area contributed by atoms with Crippen molar-refractivity contribution in [2.24, 2.45) is 20.3 Å². The molecule has 20 heteroatoms. The van der Waals surface area contributed by atoms with Gasteiger partial charge in [0, 0.05) is 28.4 Å². The summed E-state index contributed by atoms with van der Waals surface area (Å²) in [4.78, 5) is 78.2. The van der Waals surface area contributed by atoms with Gasteiger partial charge in [-0.3, -0.25) is 24.2 Å². The number of amides is 4. The topological polar surface area (TPSA) is 255 Å². The van der Waals surface area contributed by atoms with E-state index < -0.39 is 54.4 Å². The van der Waals surface area contributed by atoms with Gasteiger partial charge in [-0.15, -0.1) is 0 Å². The van der Waals surface area contributed by atoms with Crippen molar-refractivity contribution < 1.29 is 57.2 Å². The van der Waals surface area contributed by atoms with Crippen molar-refractivity contribution in [1.29, 1.82) is 0 Å². The third-order valence-corrected chi connectivity index (χ3v) is 10.6. The third kappa shape index (κ3) is 31.0. The van der Waals surface area contributed by atoms with Gasteiger partial charge in [0.1, 0.15) is 25.4 Å². The van der Waals surface area contributed by atoms with Crippen molar-refractivity contribution in [3.05, 3.63) is 0 Å². The van der Waals surface area contributed by atoms with Crippen LogP contribution in [-0.2, 0) is 47.6 Å². The summed E-state index contributed by atoms with van der Waals surface area (Å²) in [5.41, 5.74) is 9.05. The molecule has 0 aliphatic carbocycles. The molecule has 4 amide bonds. The van der Waals surface area contributed by atoms with E-state index in [2.05, 4.69) is 57.7 Å². The minimum absolute atomic E-state index is 0.0142. The number of rotatable bonds is 33. The molecule has 0 aromatic rings. The van der Waals surface area contributed by atoms with Crippen LogP contribution in [0.1, 0.15) is 174 Å². The Bertz CT molecular complexity index is 1640. The Morgan fingerprint density at radius 3 is 1.17 bits per heavy atom.